The molecule has 3 atom stereocenters. The zero-order valence-corrected chi connectivity index (χ0v) is 11.8. The second-order valence-corrected chi connectivity index (χ2v) is 6.25. The quantitative estimate of drug-likeness (QED) is 0.792. The zero-order valence-electron chi connectivity index (χ0n) is 11.8. The Morgan fingerprint density at radius 3 is 2.47 bits per heavy atom. The maximum atomic E-state index is 12.3. The number of nitrogens with one attached hydrogen (secondary N) is 1. The molecule has 0 bridgehead atoms. The van der Waals surface area contributed by atoms with Crippen molar-refractivity contribution in [3.63, 3.8) is 0 Å². The lowest BCUT2D eigenvalue weighted by atomic mass is 9.91. The van der Waals surface area contributed by atoms with Gasteiger partial charge in [0.15, 0.2) is 0 Å². The van der Waals surface area contributed by atoms with E-state index in [0.717, 1.165) is 19.3 Å². The van der Waals surface area contributed by atoms with E-state index in [4.69, 9.17) is 0 Å². The number of carbonyl (C=O) groups excluding carboxylic acids is 3. The molecule has 1 heterocycles. The fourth-order valence-electron chi connectivity index (χ4n) is 3.14. The van der Waals surface area contributed by atoms with Crippen molar-refractivity contribution in [1.82, 2.24) is 10.2 Å². The highest BCUT2D eigenvalue weighted by Crippen LogP contribution is 2.32. The van der Waals surface area contributed by atoms with Crippen molar-refractivity contribution in [3.8, 4) is 0 Å². The van der Waals surface area contributed by atoms with Crippen molar-refractivity contribution in [3.05, 3.63) is 0 Å². The lowest BCUT2D eigenvalue weighted by molar-refractivity contribution is -0.144. The number of hydrogen-bond acceptors (Lipinski definition) is 3. The normalized spacial score (nSPS) is 32.1. The maximum absolute atomic E-state index is 12.3. The number of rotatable bonds is 3. The van der Waals surface area contributed by atoms with Crippen LogP contribution in [0.5, 0.6) is 0 Å². The standard InChI is InChI=1S/C14H22N2O3/c1-8(2)11-12(17)15-14(19)16(13(11)18)7-10-5-4-9(3)6-10/h8-11H,4-7H2,1-3H3,(H,15,17,19). The minimum absolute atomic E-state index is 0.0920. The van der Waals surface area contributed by atoms with Crippen LogP contribution in [-0.4, -0.2) is 29.3 Å². The third-order valence-electron chi connectivity index (χ3n) is 4.20. The molecule has 2 fully saturated rings. The predicted molar refractivity (Wildman–Crippen MR) is 70.1 cm³/mol. The van der Waals surface area contributed by atoms with Gasteiger partial charge >= 0.3 is 6.03 Å². The summed E-state index contributed by atoms with van der Waals surface area (Å²) in [7, 11) is 0. The number of hydrogen-bond donors (Lipinski definition) is 1. The molecule has 5 heteroatoms. The second kappa shape index (κ2) is 5.31. The lowest BCUT2D eigenvalue weighted by Gasteiger charge is -2.33. The zero-order chi connectivity index (χ0) is 14.2. The largest absolute Gasteiger partial charge is 0.330 e. The summed E-state index contributed by atoms with van der Waals surface area (Å²) in [5.41, 5.74) is 0. The number of imide groups is 2. The van der Waals surface area contributed by atoms with Gasteiger partial charge < -0.3 is 0 Å². The Balaban J connectivity index is 2.08. The number of amides is 4. The average molecular weight is 266 g/mol. The second-order valence-electron chi connectivity index (χ2n) is 6.25. The molecule has 4 amide bonds. The first-order valence-electron chi connectivity index (χ1n) is 7.06. The van der Waals surface area contributed by atoms with Crippen LogP contribution in [0.2, 0.25) is 0 Å². The number of urea groups is 1. The third-order valence-corrected chi connectivity index (χ3v) is 4.20. The molecule has 0 spiro atoms. The Kier molecular flexibility index (Phi) is 3.92. The Hall–Kier alpha value is -1.39. The SMILES string of the molecule is CC1CCC(CN2C(=O)NC(=O)C(C(C)C)C2=O)C1. The van der Waals surface area contributed by atoms with E-state index in [9.17, 15) is 14.4 Å². The van der Waals surface area contributed by atoms with Crippen LogP contribution in [-0.2, 0) is 9.59 Å². The molecule has 19 heavy (non-hydrogen) atoms. The van der Waals surface area contributed by atoms with E-state index in [1.165, 1.54) is 4.90 Å². The molecule has 0 aromatic heterocycles. The topological polar surface area (TPSA) is 66.5 Å². The minimum atomic E-state index is -0.725. The molecular formula is C14H22N2O3. The molecule has 0 aromatic carbocycles. The van der Waals surface area contributed by atoms with E-state index >= 15 is 0 Å². The average Bonchev–Trinajstić information content (AvgIpc) is 2.69. The summed E-state index contributed by atoms with van der Waals surface area (Å²) < 4.78 is 0. The highest BCUT2D eigenvalue weighted by molar-refractivity contribution is 6.16. The van der Waals surface area contributed by atoms with Crippen LogP contribution in [0.15, 0.2) is 0 Å². The molecule has 5 nitrogen and oxygen atoms in total. The Morgan fingerprint density at radius 1 is 1.26 bits per heavy atom. The molecule has 106 valence electrons. The lowest BCUT2D eigenvalue weighted by Crippen LogP contribution is -2.59. The van der Waals surface area contributed by atoms with Gasteiger partial charge in [0.2, 0.25) is 11.8 Å². The molecule has 0 aromatic rings. The summed E-state index contributed by atoms with van der Waals surface area (Å²) in [5.74, 6) is -0.562. The smallest absolute Gasteiger partial charge is 0.277 e. The molecule has 1 aliphatic heterocycles. The van der Waals surface area contributed by atoms with Gasteiger partial charge in [-0.25, -0.2) is 4.79 Å². The van der Waals surface area contributed by atoms with Crippen LogP contribution < -0.4 is 5.32 Å². The first-order valence-corrected chi connectivity index (χ1v) is 7.06. The van der Waals surface area contributed by atoms with Crippen molar-refractivity contribution in [2.75, 3.05) is 6.54 Å². The van der Waals surface area contributed by atoms with E-state index in [2.05, 4.69) is 12.2 Å². The van der Waals surface area contributed by atoms with Crippen molar-refractivity contribution >= 4 is 17.8 Å². The van der Waals surface area contributed by atoms with Gasteiger partial charge in [-0.05, 0) is 30.6 Å². The molecule has 2 aliphatic rings. The fraction of sp³-hybridized carbons (Fsp3) is 0.786. The van der Waals surface area contributed by atoms with Crippen molar-refractivity contribution in [2.24, 2.45) is 23.7 Å². The first-order chi connectivity index (χ1) is 8.90. The molecule has 3 unspecified atom stereocenters. The Morgan fingerprint density at radius 2 is 1.95 bits per heavy atom. The van der Waals surface area contributed by atoms with Gasteiger partial charge in [-0.3, -0.25) is 19.8 Å². The third kappa shape index (κ3) is 2.80. The van der Waals surface area contributed by atoms with Gasteiger partial charge in [-0.2, -0.15) is 0 Å². The molecule has 1 N–H and O–H groups in total. The van der Waals surface area contributed by atoms with E-state index < -0.39 is 17.9 Å². The van der Waals surface area contributed by atoms with E-state index in [0.29, 0.717) is 18.4 Å². The predicted octanol–water partition coefficient (Wildman–Crippen LogP) is 1.77. The minimum Gasteiger partial charge on any atom is -0.277 e. The van der Waals surface area contributed by atoms with Crippen molar-refractivity contribution < 1.29 is 14.4 Å². The van der Waals surface area contributed by atoms with E-state index in [-0.39, 0.29) is 11.8 Å². The number of nitrogens with zero attached hydrogens (tertiary/aromatic N) is 1. The summed E-state index contributed by atoms with van der Waals surface area (Å²) in [4.78, 5) is 37.1. The van der Waals surface area contributed by atoms with Gasteiger partial charge in [0.05, 0.1) is 0 Å². The van der Waals surface area contributed by atoms with Crippen LogP contribution in [0.4, 0.5) is 4.79 Å². The highest BCUT2D eigenvalue weighted by atomic mass is 16.2. The molecule has 1 saturated carbocycles. The van der Waals surface area contributed by atoms with Crippen LogP contribution in [0.3, 0.4) is 0 Å². The Labute approximate surface area is 113 Å². The van der Waals surface area contributed by atoms with E-state index in [1.807, 2.05) is 13.8 Å². The summed E-state index contributed by atoms with van der Waals surface area (Å²) >= 11 is 0. The summed E-state index contributed by atoms with van der Waals surface area (Å²) in [6.45, 7) is 6.30. The molecule has 1 saturated heterocycles. The molecule has 0 radical (unpaired) electrons. The van der Waals surface area contributed by atoms with Gasteiger partial charge in [-0.1, -0.05) is 27.2 Å². The summed E-state index contributed by atoms with van der Waals surface area (Å²) in [6.07, 6.45) is 3.26. The van der Waals surface area contributed by atoms with E-state index in [1.54, 1.807) is 0 Å². The fourth-order valence-corrected chi connectivity index (χ4v) is 3.14. The van der Waals surface area contributed by atoms with Crippen LogP contribution >= 0.6 is 0 Å². The molecular weight excluding hydrogens is 244 g/mol. The van der Waals surface area contributed by atoms with Crippen molar-refractivity contribution in [2.45, 2.75) is 40.0 Å². The summed E-state index contributed by atoms with van der Waals surface area (Å²) in [6, 6.07) is -0.550. The van der Waals surface area contributed by atoms with Gasteiger partial charge in [0.25, 0.3) is 0 Å². The van der Waals surface area contributed by atoms with Gasteiger partial charge in [0, 0.05) is 6.54 Å². The van der Waals surface area contributed by atoms with Gasteiger partial charge in [0.1, 0.15) is 5.92 Å². The van der Waals surface area contributed by atoms with Crippen LogP contribution in [0.25, 0.3) is 0 Å². The number of carbonyl (C=O) groups is 3. The monoisotopic (exact) mass is 266 g/mol. The molecule has 2 rings (SSSR count). The van der Waals surface area contributed by atoms with Crippen molar-refractivity contribution in [1.29, 1.82) is 0 Å². The maximum Gasteiger partial charge on any atom is 0.330 e. The molecule has 1 aliphatic carbocycles. The van der Waals surface area contributed by atoms with Crippen LogP contribution in [0.1, 0.15) is 40.0 Å². The first kappa shape index (κ1) is 14.0. The van der Waals surface area contributed by atoms with Gasteiger partial charge in [-0.15, -0.1) is 0 Å². The van der Waals surface area contributed by atoms with Crippen LogP contribution in [0, 0.1) is 23.7 Å². The number of barbiturate groups is 1. The summed E-state index contributed by atoms with van der Waals surface area (Å²) in [5, 5.41) is 2.30. The Bertz CT molecular complexity index is 405. The highest BCUT2D eigenvalue weighted by Gasteiger charge is 2.42.